The monoisotopic (exact) mass is 481 g/mol. The average molecular weight is 482 g/mol. The highest BCUT2D eigenvalue weighted by Crippen LogP contribution is 2.29. The van der Waals surface area contributed by atoms with E-state index in [1.807, 2.05) is 12.1 Å². The van der Waals surface area contributed by atoms with Crippen LogP contribution in [0.4, 0.5) is 9.18 Å². The summed E-state index contributed by atoms with van der Waals surface area (Å²) in [6.45, 7) is 2.73. The molecule has 1 fully saturated rings. The van der Waals surface area contributed by atoms with Gasteiger partial charge in [0.25, 0.3) is 0 Å². The minimum atomic E-state index is -0.770. The Hall–Kier alpha value is -3.22. The van der Waals surface area contributed by atoms with Gasteiger partial charge in [0.05, 0.1) is 0 Å². The van der Waals surface area contributed by atoms with Gasteiger partial charge < -0.3 is 14.7 Å². The SMILES string of the molecule is Cc1cc(CC(=O)Cc2ccc3c(c2)CCN(C(=O)OC2CCC(CC(=O)O)CC2)C3)ccc1F. The molecule has 2 aromatic carbocycles. The number of Topliss-reactive ketones (excluding diaryl/α,β-unsaturated/α-hetero) is 1. The second kappa shape index (κ2) is 11.0. The first-order valence-electron chi connectivity index (χ1n) is 12.3. The van der Waals surface area contributed by atoms with E-state index in [0.29, 0.717) is 44.3 Å². The van der Waals surface area contributed by atoms with Crippen LogP contribution in [0.1, 0.15) is 59.9 Å². The van der Waals surface area contributed by atoms with E-state index in [1.54, 1.807) is 24.0 Å². The van der Waals surface area contributed by atoms with E-state index >= 15 is 0 Å². The van der Waals surface area contributed by atoms with Crippen LogP contribution in [0.2, 0.25) is 0 Å². The largest absolute Gasteiger partial charge is 0.481 e. The molecule has 6 nitrogen and oxygen atoms in total. The van der Waals surface area contributed by atoms with E-state index in [0.717, 1.165) is 35.1 Å². The first kappa shape index (κ1) is 24.9. The van der Waals surface area contributed by atoms with Crippen LogP contribution in [-0.2, 0) is 40.1 Å². The topological polar surface area (TPSA) is 83.9 Å². The third kappa shape index (κ3) is 6.68. The Balaban J connectivity index is 1.27. The van der Waals surface area contributed by atoms with Crippen molar-refractivity contribution in [3.8, 4) is 0 Å². The van der Waals surface area contributed by atoms with Crippen molar-refractivity contribution in [2.75, 3.05) is 6.54 Å². The normalized spacial score (nSPS) is 19.7. The van der Waals surface area contributed by atoms with Crippen LogP contribution in [0.15, 0.2) is 36.4 Å². The van der Waals surface area contributed by atoms with Crippen molar-refractivity contribution in [3.05, 3.63) is 70.0 Å². The van der Waals surface area contributed by atoms with Crippen molar-refractivity contribution < 1.29 is 28.6 Å². The van der Waals surface area contributed by atoms with Crippen LogP contribution in [0.3, 0.4) is 0 Å². The number of nitrogens with zero attached hydrogens (tertiary/aromatic N) is 1. The molecule has 7 heteroatoms. The van der Waals surface area contributed by atoms with Gasteiger partial charge in [-0.25, -0.2) is 9.18 Å². The van der Waals surface area contributed by atoms with Crippen molar-refractivity contribution in [1.82, 2.24) is 4.90 Å². The zero-order valence-corrected chi connectivity index (χ0v) is 20.1. The van der Waals surface area contributed by atoms with Crippen molar-refractivity contribution in [2.24, 2.45) is 5.92 Å². The summed E-state index contributed by atoms with van der Waals surface area (Å²) in [5, 5.41) is 8.94. The molecule has 1 saturated carbocycles. The van der Waals surface area contributed by atoms with Gasteiger partial charge in [0, 0.05) is 32.4 Å². The lowest BCUT2D eigenvalue weighted by molar-refractivity contribution is -0.138. The summed E-state index contributed by atoms with van der Waals surface area (Å²) >= 11 is 0. The Morgan fingerprint density at radius 3 is 2.37 bits per heavy atom. The average Bonchev–Trinajstić information content (AvgIpc) is 2.82. The zero-order chi connectivity index (χ0) is 24.9. The van der Waals surface area contributed by atoms with Crippen molar-refractivity contribution in [2.45, 2.75) is 70.9 Å². The van der Waals surface area contributed by atoms with Gasteiger partial charge in [0.1, 0.15) is 17.7 Å². The number of carbonyl (C=O) groups excluding carboxylic acids is 2. The fourth-order valence-corrected chi connectivity index (χ4v) is 5.12. The molecule has 1 heterocycles. The highest BCUT2D eigenvalue weighted by Gasteiger charge is 2.28. The first-order valence-corrected chi connectivity index (χ1v) is 12.3. The number of ether oxygens (including phenoxy) is 1. The molecule has 0 bridgehead atoms. The van der Waals surface area contributed by atoms with Crippen molar-refractivity contribution in [1.29, 1.82) is 0 Å². The number of ketones is 1. The fourth-order valence-electron chi connectivity index (χ4n) is 5.12. The summed E-state index contributed by atoms with van der Waals surface area (Å²) < 4.78 is 19.2. The molecule has 1 aliphatic carbocycles. The standard InChI is InChI=1S/C28H32FNO5/c1-18-12-20(5-9-26(18)29)14-24(31)15-21-2-6-23-17-30(11-10-22(23)13-21)28(34)35-25-7-3-19(4-8-25)16-27(32)33/h2,5-6,9,12-13,19,25H,3-4,7-8,10-11,14-17H2,1H3,(H,32,33). The number of carboxylic acid groups (broad SMARTS) is 1. The lowest BCUT2D eigenvalue weighted by atomic mass is 9.85. The Kier molecular flexibility index (Phi) is 7.83. The van der Waals surface area contributed by atoms with Gasteiger partial charge >= 0.3 is 12.1 Å². The molecule has 0 unspecified atom stereocenters. The highest BCUT2D eigenvalue weighted by atomic mass is 19.1. The van der Waals surface area contributed by atoms with Crippen molar-refractivity contribution >= 4 is 17.8 Å². The first-order chi connectivity index (χ1) is 16.8. The number of hydrogen-bond acceptors (Lipinski definition) is 4. The van der Waals surface area contributed by atoms with Crippen LogP contribution in [-0.4, -0.2) is 40.5 Å². The number of halogens is 1. The number of benzene rings is 2. The predicted octanol–water partition coefficient (Wildman–Crippen LogP) is 5.02. The van der Waals surface area contributed by atoms with Crippen LogP contribution in [0.5, 0.6) is 0 Å². The number of carbonyl (C=O) groups is 3. The third-order valence-electron chi connectivity index (χ3n) is 7.09. The van der Waals surface area contributed by atoms with Gasteiger partial charge in [0.2, 0.25) is 0 Å². The quantitative estimate of drug-likeness (QED) is 0.601. The molecule has 1 N–H and O–H groups in total. The van der Waals surface area contributed by atoms with Crippen LogP contribution in [0.25, 0.3) is 0 Å². The Labute approximate surface area is 205 Å². The lowest BCUT2D eigenvalue weighted by Gasteiger charge is -2.32. The van der Waals surface area contributed by atoms with E-state index in [9.17, 15) is 18.8 Å². The number of carboxylic acids is 1. The van der Waals surface area contributed by atoms with E-state index in [1.165, 1.54) is 6.07 Å². The van der Waals surface area contributed by atoms with E-state index in [4.69, 9.17) is 9.84 Å². The summed E-state index contributed by atoms with van der Waals surface area (Å²) in [4.78, 5) is 37.9. The minimum Gasteiger partial charge on any atom is -0.481 e. The lowest BCUT2D eigenvalue weighted by Crippen LogP contribution is -2.39. The fraction of sp³-hybridized carbons (Fsp3) is 0.464. The Morgan fingerprint density at radius 2 is 1.69 bits per heavy atom. The Morgan fingerprint density at radius 1 is 1.00 bits per heavy atom. The molecule has 186 valence electrons. The number of fused-ring (bicyclic) bond motifs is 1. The number of hydrogen-bond donors (Lipinski definition) is 1. The van der Waals surface area contributed by atoms with Crippen molar-refractivity contribution in [3.63, 3.8) is 0 Å². The maximum Gasteiger partial charge on any atom is 0.410 e. The maximum absolute atomic E-state index is 13.5. The predicted molar refractivity (Wildman–Crippen MR) is 129 cm³/mol. The van der Waals surface area contributed by atoms with E-state index in [2.05, 4.69) is 6.07 Å². The van der Waals surface area contributed by atoms with Crippen LogP contribution >= 0.6 is 0 Å². The molecule has 2 aromatic rings. The van der Waals surface area contributed by atoms with Crippen LogP contribution < -0.4 is 0 Å². The summed E-state index contributed by atoms with van der Waals surface area (Å²) in [5.74, 6) is -0.787. The minimum absolute atomic E-state index is 0.0787. The van der Waals surface area contributed by atoms with E-state index in [-0.39, 0.29) is 42.6 Å². The molecule has 0 atom stereocenters. The molecule has 0 aromatic heterocycles. The number of aliphatic carboxylic acids is 1. The van der Waals surface area contributed by atoms with Gasteiger partial charge in [-0.05, 0) is 78.8 Å². The van der Waals surface area contributed by atoms with E-state index < -0.39 is 5.97 Å². The summed E-state index contributed by atoms with van der Waals surface area (Å²) in [6.07, 6.45) is 3.99. The zero-order valence-electron chi connectivity index (χ0n) is 20.1. The number of aryl methyl sites for hydroxylation is 1. The second-order valence-electron chi connectivity index (χ2n) is 9.87. The molecule has 1 aliphatic heterocycles. The summed E-state index contributed by atoms with van der Waals surface area (Å²) in [5.41, 5.74) is 4.51. The smallest absolute Gasteiger partial charge is 0.410 e. The van der Waals surface area contributed by atoms with Gasteiger partial charge in [0.15, 0.2) is 0 Å². The molecule has 0 radical (unpaired) electrons. The molecule has 35 heavy (non-hydrogen) atoms. The number of amides is 1. The molecule has 1 amide bonds. The van der Waals surface area contributed by atoms with Crippen LogP contribution in [0, 0.1) is 18.7 Å². The summed E-state index contributed by atoms with van der Waals surface area (Å²) in [6, 6.07) is 10.7. The van der Waals surface area contributed by atoms with Gasteiger partial charge in [-0.15, -0.1) is 0 Å². The second-order valence-corrected chi connectivity index (χ2v) is 9.87. The van der Waals surface area contributed by atoms with Gasteiger partial charge in [-0.1, -0.05) is 30.3 Å². The maximum atomic E-state index is 13.5. The molecular weight excluding hydrogens is 449 g/mol. The Bertz CT molecular complexity index is 1110. The molecule has 0 saturated heterocycles. The van der Waals surface area contributed by atoms with Gasteiger partial charge in [-0.2, -0.15) is 0 Å². The van der Waals surface area contributed by atoms with Gasteiger partial charge in [-0.3, -0.25) is 9.59 Å². The molecule has 4 rings (SSSR count). The molecular formula is C28H32FNO5. The highest BCUT2D eigenvalue weighted by molar-refractivity contribution is 5.83. The molecule has 0 spiro atoms. The third-order valence-corrected chi connectivity index (χ3v) is 7.09. The summed E-state index contributed by atoms with van der Waals surface area (Å²) in [7, 11) is 0. The molecule has 2 aliphatic rings. The number of rotatable bonds is 7.